The number of amides is 1. The Hall–Kier alpha value is -1.12. The van der Waals surface area contributed by atoms with Crippen molar-refractivity contribution in [1.82, 2.24) is 4.90 Å². The second kappa shape index (κ2) is 10.6. The maximum Gasteiger partial charge on any atom is 0.451 e. The lowest BCUT2D eigenvalue weighted by molar-refractivity contribution is -0.142. The van der Waals surface area contributed by atoms with Gasteiger partial charge in [-0.2, -0.15) is 0 Å². The normalized spacial score (nSPS) is 20.6. The molecule has 0 radical (unpaired) electrons. The maximum absolute atomic E-state index is 12.0. The van der Waals surface area contributed by atoms with E-state index in [0.29, 0.717) is 25.8 Å². The summed E-state index contributed by atoms with van der Waals surface area (Å²) in [4.78, 5) is 24.9. The molecule has 2 atom stereocenters. The van der Waals surface area contributed by atoms with Crippen molar-refractivity contribution in [2.45, 2.75) is 39.4 Å². The molecule has 2 unspecified atom stereocenters. The van der Waals surface area contributed by atoms with Crippen LogP contribution in [-0.2, 0) is 9.59 Å². The van der Waals surface area contributed by atoms with E-state index in [1.807, 2.05) is 13.8 Å². The summed E-state index contributed by atoms with van der Waals surface area (Å²) in [6, 6.07) is 0. The highest BCUT2D eigenvalue weighted by molar-refractivity contribution is 6.40. The number of carboxylic acid groups (broad SMARTS) is 1. The Morgan fingerprint density at radius 1 is 1.27 bits per heavy atom. The van der Waals surface area contributed by atoms with Gasteiger partial charge in [-0.25, -0.2) is 0 Å². The topological polar surface area (TPSA) is 124 Å². The van der Waals surface area contributed by atoms with E-state index in [1.54, 1.807) is 4.90 Å². The average molecular weight is 316 g/mol. The first-order valence-corrected chi connectivity index (χ1v) is 7.75. The predicted octanol–water partition coefficient (Wildman–Crippen LogP) is 0.0196. The Morgan fingerprint density at radius 3 is 2.32 bits per heavy atom. The van der Waals surface area contributed by atoms with Gasteiger partial charge in [0, 0.05) is 19.5 Å². The van der Waals surface area contributed by atoms with Crippen molar-refractivity contribution in [2.24, 2.45) is 23.5 Å². The minimum absolute atomic E-state index is 0.0101. The van der Waals surface area contributed by atoms with Gasteiger partial charge >= 0.3 is 13.1 Å². The Balaban J connectivity index is 0.00000211. The van der Waals surface area contributed by atoms with Crippen LogP contribution >= 0.6 is 0 Å². The number of likely N-dealkylation sites (tertiary alicyclic amines) is 1. The van der Waals surface area contributed by atoms with E-state index in [-0.39, 0.29) is 30.6 Å². The molecule has 1 aliphatic heterocycles. The van der Waals surface area contributed by atoms with Gasteiger partial charge in [-0.1, -0.05) is 20.3 Å². The molecule has 0 aliphatic carbocycles. The summed E-state index contributed by atoms with van der Waals surface area (Å²) in [7, 11) is 0.151. The summed E-state index contributed by atoms with van der Waals surface area (Å²) in [5.74, 6) is -1.24. The average Bonchev–Trinajstić information content (AvgIpc) is 2.84. The smallest absolute Gasteiger partial charge is 0.451 e. The molecule has 1 aliphatic rings. The van der Waals surface area contributed by atoms with Crippen molar-refractivity contribution in [3.63, 3.8) is 0 Å². The first-order valence-electron chi connectivity index (χ1n) is 7.75. The van der Waals surface area contributed by atoms with E-state index in [1.165, 1.54) is 7.05 Å². The van der Waals surface area contributed by atoms with Crippen LogP contribution in [0.4, 0.5) is 0 Å². The molecule has 0 aromatic rings. The molecule has 0 saturated carbocycles. The quantitative estimate of drug-likeness (QED) is 0.491. The number of carbonyl (C=O) groups is 2. The highest BCUT2D eigenvalue weighted by Crippen LogP contribution is 2.29. The van der Waals surface area contributed by atoms with Crippen LogP contribution in [0.3, 0.4) is 0 Å². The van der Waals surface area contributed by atoms with Gasteiger partial charge in [0.25, 0.3) is 0 Å². The molecule has 128 valence electrons. The molecule has 1 rings (SSSR count). The van der Waals surface area contributed by atoms with E-state index >= 15 is 0 Å². The molecule has 1 saturated heterocycles. The third-order valence-electron chi connectivity index (χ3n) is 3.73. The lowest BCUT2D eigenvalue weighted by Crippen LogP contribution is -2.30. The zero-order valence-corrected chi connectivity index (χ0v) is 13.7. The third-order valence-corrected chi connectivity index (χ3v) is 3.73. The number of hydrogen-bond acceptors (Lipinski definition) is 5. The number of hydrogen-bond donors (Lipinski definition) is 4. The molecule has 7 nitrogen and oxygen atoms in total. The molecule has 22 heavy (non-hydrogen) atoms. The lowest BCUT2D eigenvalue weighted by Gasteiger charge is -2.17. The fourth-order valence-corrected chi connectivity index (χ4v) is 2.69. The summed E-state index contributed by atoms with van der Waals surface area (Å²) >= 11 is 0. The van der Waals surface area contributed by atoms with Crippen molar-refractivity contribution < 1.29 is 24.7 Å². The van der Waals surface area contributed by atoms with E-state index in [9.17, 15) is 14.7 Å². The number of nitrogens with two attached hydrogens (primary N) is 1. The van der Waals surface area contributed by atoms with Crippen LogP contribution in [0.15, 0.2) is 0 Å². The minimum Gasteiger partial charge on any atom is -0.481 e. The van der Waals surface area contributed by atoms with E-state index in [4.69, 9.17) is 10.0 Å². The van der Waals surface area contributed by atoms with E-state index < -0.39 is 19.0 Å². The lowest BCUT2D eigenvalue weighted by atomic mass is 9.80. The molecule has 1 fully saturated rings. The Morgan fingerprint density at radius 2 is 1.86 bits per heavy atom. The first kappa shape index (κ1) is 20.9. The summed E-state index contributed by atoms with van der Waals surface area (Å²) in [5.41, 5.74) is 4.50. The number of nitrogens with zero attached hydrogens (tertiary/aromatic N) is 1. The van der Waals surface area contributed by atoms with Crippen LogP contribution < -0.4 is 5.73 Å². The standard InChI is InChI=1S/C13H24BNO5.CH5N/c1-9(2)6-12(16)15-7-10(4-3-5-14(19)20)11(8-15)13(17)18;1-2/h9-11,19-20H,3-8H2,1-2H3,(H,17,18);2H2,1H3. The molecule has 1 amide bonds. The monoisotopic (exact) mass is 316 g/mol. The summed E-state index contributed by atoms with van der Waals surface area (Å²) in [6.07, 6.45) is 1.83. The zero-order valence-electron chi connectivity index (χ0n) is 13.7. The number of rotatable bonds is 7. The van der Waals surface area contributed by atoms with Crippen molar-refractivity contribution in [3.05, 3.63) is 0 Å². The Kier molecular flexibility index (Phi) is 10.0. The van der Waals surface area contributed by atoms with Gasteiger partial charge in [0.15, 0.2) is 0 Å². The van der Waals surface area contributed by atoms with Crippen molar-refractivity contribution in [1.29, 1.82) is 0 Å². The second-order valence-electron chi connectivity index (χ2n) is 6.01. The number of carbonyl (C=O) groups excluding carboxylic acids is 1. The Labute approximate surface area is 132 Å². The van der Waals surface area contributed by atoms with Crippen LogP contribution in [0, 0.1) is 17.8 Å². The van der Waals surface area contributed by atoms with Crippen LogP contribution in [0.5, 0.6) is 0 Å². The van der Waals surface area contributed by atoms with E-state index in [0.717, 1.165) is 0 Å². The van der Waals surface area contributed by atoms with E-state index in [2.05, 4.69) is 5.73 Å². The highest BCUT2D eigenvalue weighted by atomic mass is 16.4. The van der Waals surface area contributed by atoms with Gasteiger partial charge in [-0.05, 0) is 31.6 Å². The molecule has 5 N–H and O–H groups in total. The minimum atomic E-state index is -1.35. The summed E-state index contributed by atoms with van der Waals surface area (Å²) in [6.45, 7) is 4.66. The van der Waals surface area contributed by atoms with Crippen LogP contribution in [-0.4, -0.2) is 59.2 Å². The number of carboxylic acids is 1. The second-order valence-corrected chi connectivity index (χ2v) is 6.01. The predicted molar refractivity (Wildman–Crippen MR) is 85.0 cm³/mol. The fourth-order valence-electron chi connectivity index (χ4n) is 2.69. The Bertz CT molecular complexity index is 352. The van der Waals surface area contributed by atoms with Gasteiger partial charge in [0.05, 0.1) is 5.92 Å². The molecule has 0 bridgehead atoms. The first-order chi connectivity index (χ1) is 10.3. The summed E-state index contributed by atoms with van der Waals surface area (Å²) in [5, 5.41) is 26.9. The van der Waals surface area contributed by atoms with Gasteiger partial charge < -0.3 is 25.8 Å². The van der Waals surface area contributed by atoms with Gasteiger partial charge in [-0.15, -0.1) is 0 Å². The van der Waals surface area contributed by atoms with Crippen LogP contribution in [0.1, 0.15) is 33.1 Å². The van der Waals surface area contributed by atoms with Gasteiger partial charge in [0.2, 0.25) is 5.91 Å². The van der Waals surface area contributed by atoms with Gasteiger partial charge in [-0.3, -0.25) is 9.59 Å². The largest absolute Gasteiger partial charge is 0.481 e. The molecule has 0 spiro atoms. The van der Waals surface area contributed by atoms with Crippen LogP contribution in [0.25, 0.3) is 0 Å². The van der Waals surface area contributed by atoms with Crippen molar-refractivity contribution >= 4 is 19.0 Å². The number of aliphatic carboxylic acids is 1. The summed E-state index contributed by atoms with van der Waals surface area (Å²) < 4.78 is 0. The molecule has 0 aromatic carbocycles. The van der Waals surface area contributed by atoms with Crippen molar-refractivity contribution in [3.8, 4) is 0 Å². The molecular formula is C14H29BN2O5. The third kappa shape index (κ3) is 7.24. The zero-order chi connectivity index (χ0) is 17.3. The molecule has 1 heterocycles. The van der Waals surface area contributed by atoms with Gasteiger partial charge in [0.1, 0.15) is 0 Å². The highest BCUT2D eigenvalue weighted by Gasteiger charge is 2.39. The molecular weight excluding hydrogens is 287 g/mol. The maximum atomic E-state index is 12.0. The van der Waals surface area contributed by atoms with Crippen LogP contribution in [0.2, 0.25) is 6.32 Å². The fraction of sp³-hybridized carbons (Fsp3) is 0.857. The molecule has 8 heteroatoms. The van der Waals surface area contributed by atoms with Crippen molar-refractivity contribution in [2.75, 3.05) is 20.1 Å². The molecule has 0 aromatic heterocycles. The SMILES string of the molecule is CC(C)CC(=O)N1CC(CCCB(O)O)C(C(=O)O)C1.CN.